The van der Waals surface area contributed by atoms with Gasteiger partial charge in [0.05, 0.1) is 0 Å². The first-order valence-electron chi connectivity index (χ1n) is 7.75. The number of anilines is 1. The van der Waals surface area contributed by atoms with E-state index in [1.165, 1.54) is 0 Å². The molecule has 2 aromatic carbocycles. The molecule has 0 aliphatic rings. The number of nitrogens with one attached hydrogen (secondary N) is 1. The Morgan fingerprint density at radius 2 is 1.67 bits per heavy atom. The van der Waals surface area contributed by atoms with Gasteiger partial charge >= 0.3 is 11.3 Å². The van der Waals surface area contributed by atoms with Crippen molar-refractivity contribution in [3.8, 4) is 59.6 Å². The van der Waals surface area contributed by atoms with Crippen molar-refractivity contribution < 1.29 is 13.1 Å². The molecule has 5 heteroatoms. The van der Waals surface area contributed by atoms with Gasteiger partial charge in [0.1, 0.15) is 6.11 Å². The molecule has 1 unspecified atom stereocenters. The monoisotopic (exact) mass is 373 g/mol. The highest BCUT2D eigenvalue weighted by Gasteiger charge is 2.10. The lowest BCUT2D eigenvalue weighted by molar-refractivity contribution is 0.479. The number of ether oxygens (including phenoxy) is 1. The molecule has 0 aromatic heterocycles. The van der Waals surface area contributed by atoms with Gasteiger partial charge in [0, 0.05) is 23.4 Å². The summed E-state index contributed by atoms with van der Waals surface area (Å²) in [4.78, 5) is 0. The van der Waals surface area contributed by atoms with Crippen LogP contribution in [0.25, 0.3) is 0 Å². The molecule has 2 rings (SSSR count). The summed E-state index contributed by atoms with van der Waals surface area (Å²) in [5.41, 5.74) is 2.65. The molecule has 0 aliphatic carbocycles. The molecule has 0 fully saturated rings. The SMILES string of the molecule is C#CC#CC#CC#COc1ccc(C)cc1OS(=O)Nc1cccc(C)c1. The van der Waals surface area contributed by atoms with Crippen LogP contribution < -0.4 is 13.6 Å². The zero-order valence-electron chi connectivity index (χ0n) is 14.8. The zero-order valence-corrected chi connectivity index (χ0v) is 15.6. The van der Waals surface area contributed by atoms with Crippen molar-refractivity contribution in [2.24, 2.45) is 0 Å². The summed E-state index contributed by atoms with van der Waals surface area (Å²) in [7, 11) is 0. The third-order valence-electron chi connectivity index (χ3n) is 3.02. The van der Waals surface area contributed by atoms with Gasteiger partial charge in [0.15, 0.2) is 11.5 Å². The van der Waals surface area contributed by atoms with Crippen molar-refractivity contribution in [3.63, 3.8) is 0 Å². The van der Waals surface area contributed by atoms with Crippen LogP contribution in [0.5, 0.6) is 11.5 Å². The Labute approximate surface area is 162 Å². The minimum Gasteiger partial charge on any atom is -0.403 e. The van der Waals surface area contributed by atoms with Crippen molar-refractivity contribution in [2.45, 2.75) is 13.8 Å². The molecule has 0 spiro atoms. The number of hydrogen-bond donors (Lipinski definition) is 1. The van der Waals surface area contributed by atoms with Crippen LogP contribution in [0, 0.1) is 61.9 Å². The summed E-state index contributed by atoms with van der Waals surface area (Å²) in [6.07, 6.45) is 7.40. The maximum atomic E-state index is 12.3. The predicted octanol–water partition coefficient (Wildman–Crippen LogP) is 3.35. The van der Waals surface area contributed by atoms with Gasteiger partial charge in [-0.2, -0.15) is 4.21 Å². The van der Waals surface area contributed by atoms with Gasteiger partial charge in [-0.1, -0.05) is 18.2 Å². The van der Waals surface area contributed by atoms with Gasteiger partial charge in [-0.15, -0.1) is 6.42 Å². The topological polar surface area (TPSA) is 47.6 Å². The molecule has 1 atom stereocenters. The number of rotatable bonds is 5. The molecule has 0 radical (unpaired) electrons. The molecular weight excluding hydrogens is 358 g/mol. The van der Waals surface area contributed by atoms with E-state index in [4.69, 9.17) is 15.3 Å². The van der Waals surface area contributed by atoms with Crippen molar-refractivity contribution in [2.75, 3.05) is 4.72 Å². The largest absolute Gasteiger partial charge is 0.403 e. The Kier molecular flexibility index (Phi) is 7.44. The number of hydrogen-bond acceptors (Lipinski definition) is 3. The van der Waals surface area contributed by atoms with E-state index in [0.29, 0.717) is 17.2 Å². The number of terminal acetylenes is 1. The summed E-state index contributed by atoms with van der Waals surface area (Å²) < 4.78 is 25.8. The first-order chi connectivity index (χ1) is 13.1. The Bertz CT molecular complexity index is 1080. The van der Waals surface area contributed by atoms with Gasteiger partial charge in [-0.3, -0.25) is 4.72 Å². The van der Waals surface area contributed by atoms with Crippen molar-refractivity contribution in [3.05, 3.63) is 53.6 Å². The van der Waals surface area contributed by atoms with Gasteiger partial charge in [0.25, 0.3) is 0 Å². The van der Waals surface area contributed by atoms with Crippen LogP contribution in [0.3, 0.4) is 0 Å². The van der Waals surface area contributed by atoms with E-state index < -0.39 is 11.3 Å². The Hall–Kier alpha value is -3.77. The van der Waals surface area contributed by atoms with Crippen molar-refractivity contribution in [1.82, 2.24) is 0 Å². The van der Waals surface area contributed by atoms with E-state index in [2.05, 4.69) is 46.4 Å². The van der Waals surface area contributed by atoms with E-state index in [9.17, 15) is 4.21 Å². The second-order valence-electron chi connectivity index (χ2n) is 5.21. The van der Waals surface area contributed by atoms with E-state index in [-0.39, 0.29) is 0 Å². The fourth-order valence-corrected chi connectivity index (χ4v) is 2.56. The Morgan fingerprint density at radius 1 is 0.926 bits per heavy atom. The molecule has 0 saturated carbocycles. The van der Waals surface area contributed by atoms with Crippen LogP contribution in [0.2, 0.25) is 0 Å². The first-order valence-corrected chi connectivity index (χ1v) is 8.82. The molecule has 0 aliphatic heterocycles. The van der Waals surface area contributed by atoms with E-state index in [1.54, 1.807) is 18.2 Å². The Morgan fingerprint density at radius 3 is 2.44 bits per heavy atom. The highest BCUT2D eigenvalue weighted by atomic mass is 32.2. The van der Waals surface area contributed by atoms with Crippen LogP contribution in [0.1, 0.15) is 11.1 Å². The van der Waals surface area contributed by atoms with E-state index in [0.717, 1.165) is 11.1 Å². The average molecular weight is 373 g/mol. The second-order valence-corrected chi connectivity index (χ2v) is 6.05. The highest BCUT2D eigenvalue weighted by molar-refractivity contribution is 7.82. The van der Waals surface area contributed by atoms with Gasteiger partial charge in [0.2, 0.25) is 0 Å². The number of benzene rings is 2. The molecule has 0 saturated heterocycles. The zero-order chi connectivity index (χ0) is 19.5. The quantitative estimate of drug-likeness (QED) is 0.818. The van der Waals surface area contributed by atoms with Gasteiger partial charge < -0.3 is 8.92 Å². The summed E-state index contributed by atoms with van der Waals surface area (Å²) in [5.74, 6) is 15.0. The van der Waals surface area contributed by atoms with Crippen molar-refractivity contribution >= 4 is 17.0 Å². The van der Waals surface area contributed by atoms with Crippen LogP contribution in [-0.4, -0.2) is 4.21 Å². The minimum absolute atomic E-state index is 0.294. The number of aryl methyl sites for hydroxylation is 2. The highest BCUT2D eigenvalue weighted by Crippen LogP contribution is 2.29. The summed E-state index contributed by atoms with van der Waals surface area (Å²) in [5, 5.41) is 0. The lowest BCUT2D eigenvalue weighted by Crippen LogP contribution is -2.11. The lowest BCUT2D eigenvalue weighted by atomic mass is 10.2. The summed E-state index contributed by atoms with van der Waals surface area (Å²) >= 11 is -1.80. The molecule has 2 aromatic rings. The van der Waals surface area contributed by atoms with E-state index >= 15 is 0 Å². The smallest absolute Gasteiger partial charge is 0.316 e. The fraction of sp³-hybridized carbons (Fsp3) is 0.0909. The molecule has 0 heterocycles. The van der Waals surface area contributed by atoms with Crippen LogP contribution >= 0.6 is 0 Å². The molecule has 27 heavy (non-hydrogen) atoms. The predicted molar refractivity (Wildman–Crippen MR) is 108 cm³/mol. The third kappa shape index (κ3) is 6.93. The van der Waals surface area contributed by atoms with Crippen molar-refractivity contribution in [1.29, 1.82) is 0 Å². The van der Waals surface area contributed by atoms with Gasteiger partial charge in [-0.25, -0.2) is 0 Å². The minimum atomic E-state index is -1.80. The van der Waals surface area contributed by atoms with Crippen LogP contribution in [0.15, 0.2) is 42.5 Å². The summed E-state index contributed by atoms with van der Waals surface area (Å²) in [6.45, 7) is 3.83. The molecule has 0 amide bonds. The second kappa shape index (κ2) is 10.3. The first kappa shape index (κ1) is 19.6. The average Bonchev–Trinajstić information content (AvgIpc) is 2.62. The lowest BCUT2D eigenvalue weighted by Gasteiger charge is -2.10. The standard InChI is InChI=1S/C22H15NO3S/c1-4-5-6-7-8-9-15-25-21-14-13-19(3)17-22(21)26-27(24)23-20-12-10-11-18(2)16-20/h1,10-14,16-17,23H,2-3H3. The maximum absolute atomic E-state index is 12.3. The van der Waals surface area contributed by atoms with Crippen LogP contribution in [0.4, 0.5) is 5.69 Å². The third-order valence-corrected chi connectivity index (χ3v) is 3.75. The normalized spacial score (nSPS) is 9.67. The maximum Gasteiger partial charge on any atom is 0.316 e. The molecule has 1 N–H and O–H groups in total. The summed E-state index contributed by atoms with van der Waals surface area (Å²) in [6, 6.07) is 12.7. The van der Waals surface area contributed by atoms with E-state index in [1.807, 2.05) is 38.1 Å². The van der Waals surface area contributed by atoms with Gasteiger partial charge in [-0.05, 0) is 67.0 Å². The molecule has 132 valence electrons. The Balaban J connectivity index is 2.08. The molecular formula is C22H15NO3S. The van der Waals surface area contributed by atoms with Crippen LogP contribution in [-0.2, 0) is 11.3 Å². The molecule has 0 bridgehead atoms. The molecule has 4 nitrogen and oxygen atoms in total. The fourth-order valence-electron chi connectivity index (χ4n) is 1.91.